The summed E-state index contributed by atoms with van der Waals surface area (Å²) in [4.78, 5) is 12.6. The van der Waals surface area contributed by atoms with Crippen molar-refractivity contribution in [1.82, 2.24) is 5.32 Å². The second-order valence-corrected chi connectivity index (χ2v) is 10.1. The first-order valence-electron chi connectivity index (χ1n) is 10.7. The third kappa shape index (κ3) is 5.68. The third-order valence-electron chi connectivity index (χ3n) is 5.26. The van der Waals surface area contributed by atoms with Gasteiger partial charge in [-0.15, -0.1) is 0 Å². The van der Waals surface area contributed by atoms with Crippen molar-refractivity contribution in [2.24, 2.45) is 0 Å². The number of sulfonamides is 1. The molecule has 0 saturated heterocycles. The Morgan fingerprint density at radius 1 is 1.03 bits per heavy atom. The zero-order valence-corrected chi connectivity index (χ0v) is 20.1. The SMILES string of the molecule is O=C(CN(c1ccc(Cl)c(C(F)(F)F)c1)S(=O)(=O)c1ccccc1)NC[C@@H]1COc2ccccc2O1. The standard InChI is InChI=1S/C24H20ClF3N2O5S/c25-20-11-10-16(12-19(20)24(26,27)28)30(36(32,33)18-6-2-1-3-7-18)14-23(31)29-13-17-15-34-21-8-4-5-9-22(21)35-17/h1-12,17H,13-15H2,(H,29,31)/t17-/m1/s1. The predicted molar refractivity (Wildman–Crippen MR) is 127 cm³/mol. The Morgan fingerprint density at radius 3 is 2.39 bits per heavy atom. The van der Waals surface area contributed by atoms with Crippen LogP contribution in [0.4, 0.5) is 18.9 Å². The summed E-state index contributed by atoms with van der Waals surface area (Å²) in [7, 11) is -4.40. The molecule has 0 aromatic heterocycles. The molecular formula is C24H20ClF3N2O5S. The monoisotopic (exact) mass is 540 g/mol. The number of para-hydroxylation sites is 2. The molecule has 7 nitrogen and oxygen atoms in total. The third-order valence-corrected chi connectivity index (χ3v) is 7.37. The van der Waals surface area contributed by atoms with Crippen molar-refractivity contribution >= 4 is 33.2 Å². The molecule has 190 valence electrons. The first-order chi connectivity index (χ1) is 17.1. The smallest absolute Gasteiger partial charge is 0.417 e. The van der Waals surface area contributed by atoms with E-state index in [2.05, 4.69) is 5.32 Å². The number of amides is 1. The van der Waals surface area contributed by atoms with Crippen LogP contribution in [0.1, 0.15) is 5.56 Å². The Labute approximate surface area is 210 Å². The van der Waals surface area contributed by atoms with Crippen LogP contribution in [0.25, 0.3) is 0 Å². The number of fused-ring (bicyclic) bond motifs is 1. The Kier molecular flexibility index (Phi) is 7.32. The average Bonchev–Trinajstić information content (AvgIpc) is 2.86. The molecule has 0 radical (unpaired) electrons. The normalized spacial score (nSPS) is 15.3. The highest BCUT2D eigenvalue weighted by Crippen LogP contribution is 2.38. The van der Waals surface area contributed by atoms with Crippen LogP contribution in [0.15, 0.2) is 77.7 Å². The van der Waals surface area contributed by atoms with Gasteiger partial charge in [-0.3, -0.25) is 9.10 Å². The van der Waals surface area contributed by atoms with Crippen molar-refractivity contribution in [3.05, 3.63) is 83.4 Å². The van der Waals surface area contributed by atoms with E-state index >= 15 is 0 Å². The molecule has 1 aliphatic rings. The Bertz CT molecular complexity index is 1350. The minimum absolute atomic E-state index is 0.0131. The zero-order valence-electron chi connectivity index (χ0n) is 18.5. The highest BCUT2D eigenvalue weighted by molar-refractivity contribution is 7.92. The van der Waals surface area contributed by atoms with Gasteiger partial charge in [-0.2, -0.15) is 13.2 Å². The lowest BCUT2D eigenvalue weighted by atomic mass is 10.2. The number of hydrogen-bond acceptors (Lipinski definition) is 5. The van der Waals surface area contributed by atoms with Crippen molar-refractivity contribution < 1.29 is 35.9 Å². The first-order valence-corrected chi connectivity index (χ1v) is 12.5. The molecule has 1 N–H and O–H groups in total. The Hall–Kier alpha value is -3.44. The van der Waals surface area contributed by atoms with Crippen LogP contribution in [0, 0.1) is 0 Å². The van der Waals surface area contributed by atoms with Gasteiger partial charge in [-0.25, -0.2) is 8.42 Å². The number of halogens is 4. The lowest BCUT2D eigenvalue weighted by Gasteiger charge is -2.28. The summed E-state index contributed by atoms with van der Waals surface area (Å²) >= 11 is 5.70. The van der Waals surface area contributed by atoms with Crippen LogP contribution in [0.2, 0.25) is 5.02 Å². The molecule has 0 fully saturated rings. The lowest BCUT2D eigenvalue weighted by molar-refractivity contribution is -0.137. The van der Waals surface area contributed by atoms with E-state index in [1.165, 1.54) is 24.3 Å². The molecule has 0 unspecified atom stereocenters. The van der Waals surface area contributed by atoms with Gasteiger partial charge in [0, 0.05) is 0 Å². The van der Waals surface area contributed by atoms with Gasteiger partial charge in [0.25, 0.3) is 10.0 Å². The topological polar surface area (TPSA) is 84.9 Å². The van der Waals surface area contributed by atoms with Gasteiger partial charge in [0.15, 0.2) is 11.5 Å². The number of nitrogens with zero attached hydrogens (tertiary/aromatic N) is 1. The molecule has 1 heterocycles. The number of carbonyl (C=O) groups is 1. The number of alkyl halides is 3. The molecule has 0 aliphatic carbocycles. The number of rotatable bonds is 7. The van der Waals surface area contributed by atoms with E-state index in [0.29, 0.717) is 21.9 Å². The van der Waals surface area contributed by atoms with Crippen molar-refractivity contribution in [3.63, 3.8) is 0 Å². The fraction of sp³-hybridized carbons (Fsp3) is 0.208. The minimum Gasteiger partial charge on any atom is -0.486 e. The second-order valence-electron chi connectivity index (χ2n) is 7.79. The van der Waals surface area contributed by atoms with Crippen molar-refractivity contribution in [3.8, 4) is 11.5 Å². The molecule has 4 rings (SSSR count). The average molecular weight is 541 g/mol. The maximum Gasteiger partial charge on any atom is 0.417 e. The Morgan fingerprint density at radius 2 is 1.69 bits per heavy atom. The number of benzene rings is 3. The largest absolute Gasteiger partial charge is 0.486 e. The van der Waals surface area contributed by atoms with E-state index in [1.54, 1.807) is 30.3 Å². The molecule has 0 saturated carbocycles. The number of anilines is 1. The summed E-state index contributed by atoms with van der Waals surface area (Å²) in [6.45, 7) is -0.642. The second kappa shape index (κ2) is 10.3. The van der Waals surface area contributed by atoms with Gasteiger partial charge in [0.05, 0.1) is 27.7 Å². The highest BCUT2D eigenvalue weighted by Gasteiger charge is 2.35. The molecular weight excluding hydrogens is 521 g/mol. The molecule has 1 amide bonds. The molecule has 1 aliphatic heterocycles. The van der Waals surface area contributed by atoms with Crippen LogP contribution in [-0.4, -0.2) is 40.1 Å². The van der Waals surface area contributed by atoms with Crippen LogP contribution in [0.5, 0.6) is 11.5 Å². The summed E-state index contributed by atoms with van der Waals surface area (Å²) in [6, 6.07) is 16.7. The molecule has 1 atom stereocenters. The summed E-state index contributed by atoms with van der Waals surface area (Å²) in [5, 5.41) is 1.97. The molecule has 3 aromatic carbocycles. The van der Waals surface area contributed by atoms with E-state index in [-0.39, 0.29) is 23.7 Å². The maximum absolute atomic E-state index is 13.4. The fourth-order valence-corrected chi connectivity index (χ4v) is 5.16. The first kappa shape index (κ1) is 25.6. The van der Waals surface area contributed by atoms with Crippen molar-refractivity contribution in [2.45, 2.75) is 17.2 Å². The molecule has 0 spiro atoms. The van der Waals surface area contributed by atoms with Crippen molar-refractivity contribution in [1.29, 1.82) is 0 Å². The highest BCUT2D eigenvalue weighted by atomic mass is 35.5. The molecule has 12 heteroatoms. The van der Waals surface area contributed by atoms with E-state index in [4.69, 9.17) is 21.1 Å². The van der Waals surface area contributed by atoms with Crippen molar-refractivity contribution in [2.75, 3.05) is 24.0 Å². The summed E-state index contributed by atoms with van der Waals surface area (Å²) in [5.41, 5.74) is -1.58. The minimum atomic E-state index is -4.83. The van der Waals surface area contributed by atoms with Gasteiger partial charge < -0.3 is 14.8 Å². The lowest BCUT2D eigenvalue weighted by Crippen LogP contribution is -2.45. The van der Waals surface area contributed by atoms with Crippen LogP contribution in [0.3, 0.4) is 0 Å². The fourth-order valence-electron chi connectivity index (χ4n) is 3.50. The Balaban J connectivity index is 1.56. The summed E-state index contributed by atoms with van der Waals surface area (Å²) in [5.74, 6) is 0.306. The van der Waals surface area contributed by atoms with E-state index < -0.39 is 45.3 Å². The predicted octanol–water partition coefficient (Wildman–Crippen LogP) is 4.51. The van der Waals surface area contributed by atoms with Crippen LogP contribution < -0.4 is 19.1 Å². The number of ether oxygens (including phenoxy) is 2. The summed E-state index contributed by atoms with van der Waals surface area (Å²) < 4.78 is 79.0. The van der Waals surface area contributed by atoms with Gasteiger partial charge in [0.1, 0.15) is 19.3 Å². The van der Waals surface area contributed by atoms with Gasteiger partial charge >= 0.3 is 6.18 Å². The molecule has 3 aromatic rings. The van der Waals surface area contributed by atoms with Gasteiger partial charge in [-0.1, -0.05) is 41.9 Å². The van der Waals surface area contributed by atoms with E-state index in [0.717, 1.165) is 12.1 Å². The van der Waals surface area contributed by atoms with Crippen LogP contribution in [-0.2, 0) is 21.0 Å². The zero-order chi connectivity index (χ0) is 25.9. The number of hydrogen-bond donors (Lipinski definition) is 1. The van der Waals surface area contributed by atoms with E-state index in [1.807, 2.05) is 0 Å². The number of carbonyl (C=O) groups excluding carboxylic acids is 1. The van der Waals surface area contributed by atoms with E-state index in [9.17, 15) is 26.4 Å². The van der Waals surface area contributed by atoms with Crippen LogP contribution >= 0.6 is 11.6 Å². The van der Waals surface area contributed by atoms with Gasteiger partial charge in [0.2, 0.25) is 5.91 Å². The molecule has 36 heavy (non-hydrogen) atoms. The van der Waals surface area contributed by atoms with Gasteiger partial charge in [-0.05, 0) is 42.5 Å². The summed E-state index contributed by atoms with van der Waals surface area (Å²) in [6.07, 6.45) is -5.37. The number of nitrogens with one attached hydrogen (secondary N) is 1. The maximum atomic E-state index is 13.4. The molecule has 0 bridgehead atoms. The quantitative estimate of drug-likeness (QED) is 0.477.